The van der Waals surface area contributed by atoms with Crippen molar-refractivity contribution in [3.05, 3.63) is 41.0 Å². The van der Waals surface area contributed by atoms with E-state index in [1.807, 2.05) is 6.07 Å². The van der Waals surface area contributed by atoms with Crippen LogP contribution in [0.3, 0.4) is 0 Å². The summed E-state index contributed by atoms with van der Waals surface area (Å²) in [5.41, 5.74) is 0.794. The van der Waals surface area contributed by atoms with E-state index in [1.165, 1.54) is 14.2 Å². The fourth-order valence-electron chi connectivity index (χ4n) is 7.12. The van der Waals surface area contributed by atoms with Crippen LogP contribution in [0, 0.1) is 11.3 Å². The zero-order valence-electron chi connectivity index (χ0n) is 24.1. The smallest absolute Gasteiger partial charge is 0.313 e. The number of carbonyl (C=O) groups excluding carboxylic acids is 1. The van der Waals surface area contributed by atoms with Gasteiger partial charge in [-0.2, -0.15) is 0 Å². The molecule has 0 bridgehead atoms. The molecule has 3 saturated heterocycles. The standard InChI is InChI=1S/C30H34O13/c1-12-37-10-21-27(41-12)24(32)25(33)28(42-21)43-26-15-8-18-17(39-11-40-18)7-14(15)22(30(2)16(26)9-38-29(30)34)13-5-19(35-3)23(31)20(6-13)36-4/h5-8,12,16,21-22,24-28,31-33H,9-11H2,1-4H3/t12-,16-,21-,22-,24-,25-,26-,27-,28+,30+/m1/s1. The molecule has 0 unspecified atom stereocenters. The number of rotatable bonds is 5. The van der Waals surface area contributed by atoms with Crippen molar-refractivity contribution in [2.24, 2.45) is 11.3 Å². The molecule has 0 spiro atoms. The summed E-state index contributed by atoms with van der Waals surface area (Å²) in [6.07, 6.45) is -6.89. The van der Waals surface area contributed by atoms with E-state index in [1.54, 1.807) is 32.0 Å². The highest BCUT2D eigenvalue weighted by Gasteiger charge is 2.62. The van der Waals surface area contributed by atoms with Gasteiger partial charge in [0.15, 0.2) is 35.6 Å². The molecule has 4 heterocycles. The summed E-state index contributed by atoms with van der Waals surface area (Å²) in [5.74, 6) is -0.454. The number of cyclic esters (lactones) is 1. The first-order valence-corrected chi connectivity index (χ1v) is 14.1. The third kappa shape index (κ3) is 4.25. The number of benzene rings is 2. The largest absolute Gasteiger partial charge is 0.502 e. The Morgan fingerprint density at radius 3 is 2.26 bits per heavy atom. The SMILES string of the molecule is COc1cc([C@@H]2c3cc4c(cc3[C@@H](O[C@@H]3O[C@@H]5CO[C@@H](C)O[C@H]5[C@H](O)[C@H]3O)[C@H]3COC(=O)[C@]23C)OCO4)cc(OC)c1O. The summed E-state index contributed by atoms with van der Waals surface area (Å²) in [7, 11) is 2.86. The van der Waals surface area contributed by atoms with Gasteiger partial charge in [-0.25, -0.2) is 0 Å². The number of aliphatic hydroxyl groups is 2. The first kappa shape index (κ1) is 28.4. The first-order chi connectivity index (χ1) is 20.6. The van der Waals surface area contributed by atoms with Crippen LogP contribution < -0.4 is 18.9 Å². The third-order valence-electron chi connectivity index (χ3n) is 9.37. The molecule has 0 radical (unpaired) electrons. The molecule has 0 amide bonds. The monoisotopic (exact) mass is 602 g/mol. The lowest BCUT2D eigenvalue weighted by molar-refractivity contribution is -0.365. The minimum atomic E-state index is -1.45. The van der Waals surface area contributed by atoms with Gasteiger partial charge >= 0.3 is 5.97 Å². The van der Waals surface area contributed by atoms with E-state index in [2.05, 4.69) is 0 Å². The summed E-state index contributed by atoms with van der Waals surface area (Å²) in [4.78, 5) is 13.7. The van der Waals surface area contributed by atoms with Gasteiger partial charge < -0.3 is 58.0 Å². The number of aliphatic hydroxyl groups excluding tert-OH is 2. The van der Waals surface area contributed by atoms with E-state index in [-0.39, 0.29) is 37.3 Å². The van der Waals surface area contributed by atoms with Crippen molar-refractivity contribution in [1.82, 2.24) is 0 Å². The normalized spacial score (nSPS) is 37.6. The Morgan fingerprint density at radius 1 is 0.907 bits per heavy atom. The zero-order valence-corrected chi connectivity index (χ0v) is 24.1. The molecule has 2 aromatic carbocycles. The molecule has 7 rings (SSSR count). The van der Waals surface area contributed by atoms with Gasteiger partial charge in [0, 0.05) is 11.8 Å². The number of carbonyl (C=O) groups is 1. The van der Waals surface area contributed by atoms with Crippen molar-refractivity contribution in [3.8, 4) is 28.7 Å². The van der Waals surface area contributed by atoms with Crippen LogP contribution in [-0.2, 0) is 28.5 Å². The summed E-state index contributed by atoms with van der Waals surface area (Å²) in [5, 5.41) is 32.7. The van der Waals surface area contributed by atoms with Crippen LogP contribution in [0.15, 0.2) is 24.3 Å². The Labute approximate surface area is 247 Å². The Bertz CT molecular complexity index is 1400. The fraction of sp³-hybridized carbons (Fsp3) is 0.567. The van der Waals surface area contributed by atoms with E-state index in [0.717, 1.165) is 0 Å². The fourth-order valence-corrected chi connectivity index (χ4v) is 7.12. The van der Waals surface area contributed by atoms with Crippen LogP contribution >= 0.6 is 0 Å². The Balaban J connectivity index is 1.35. The van der Waals surface area contributed by atoms with Crippen molar-refractivity contribution in [1.29, 1.82) is 0 Å². The van der Waals surface area contributed by atoms with Crippen LogP contribution in [0.1, 0.15) is 42.6 Å². The first-order valence-electron chi connectivity index (χ1n) is 14.1. The molecule has 43 heavy (non-hydrogen) atoms. The van der Waals surface area contributed by atoms with Crippen LogP contribution in [0.2, 0.25) is 0 Å². The zero-order chi connectivity index (χ0) is 30.2. The number of phenolic OH excluding ortho intramolecular Hbond substituents is 1. The van der Waals surface area contributed by atoms with E-state index < -0.39 is 66.3 Å². The van der Waals surface area contributed by atoms with Crippen LogP contribution in [0.5, 0.6) is 28.7 Å². The number of methoxy groups -OCH3 is 2. The van der Waals surface area contributed by atoms with Gasteiger partial charge in [-0.15, -0.1) is 0 Å². The van der Waals surface area contributed by atoms with Crippen LogP contribution in [0.25, 0.3) is 0 Å². The highest BCUT2D eigenvalue weighted by Crippen LogP contribution is 2.62. The van der Waals surface area contributed by atoms with Crippen LogP contribution in [-0.4, -0.2) is 92.5 Å². The molecule has 2 aromatic rings. The van der Waals surface area contributed by atoms with Gasteiger partial charge in [0.2, 0.25) is 12.5 Å². The molecule has 5 aliphatic rings. The minimum Gasteiger partial charge on any atom is -0.502 e. The minimum absolute atomic E-state index is 0.0240. The predicted octanol–water partition coefficient (Wildman–Crippen LogP) is 1.73. The topological polar surface area (TPSA) is 161 Å². The predicted molar refractivity (Wildman–Crippen MR) is 143 cm³/mol. The summed E-state index contributed by atoms with van der Waals surface area (Å²) in [6.45, 7) is 3.70. The molecular weight excluding hydrogens is 568 g/mol. The second-order valence-electron chi connectivity index (χ2n) is 11.6. The average Bonchev–Trinajstić information content (AvgIpc) is 3.58. The second-order valence-corrected chi connectivity index (χ2v) is 11.6. The summed E-state index contributed by atoms with van der Waals surface area (Å²) < 4.78 is 51.9. The maximum Gasteiger partial charge on any atom is 0.313 e. The highest BCUT2D eigenvalue weighted by atomic mass is 16.8. The number of esters is 1. The number of phenols is 1. The molecule has 4 aliphatic heterocycles. The number of aromatic hydroxyl groups is 1. The molecule has 3 N–H and O–H groups in total. The second kappa shape index (κ2) is 10.4. The number of fused-ring (bicyclic) bond motifs is 4. The Kier molecular flexibility index (Phi) is 6.87. The van der Waals surface area contributed by atoms with Gasteiger partial charge in [0.1, 0.15) is 24.4 Å². The number of hydrogen-bond acceptors (Lipinski definition) is 13. The average molecular weight is 603 g/mol. The van der Waals surface area contributed by atoms with Gasteiger partial charge in [-0.3, -0.25) is 4.79 Å². The Morgan fingerprint density at radius 2 is 1.58 bits per heavy atom. The molecule has 10 atom stereocenters. The van der Waals surface area contributed by atoms with E-state index in [0.29, 0.717) is 28.2 Å². The Hall–Kier alpha value is -3.33. The molecule has 1 aliphatic carbocycles. The van der Waals surface area contributed by atoms with E-state index in [4.69, 9.17) is 42.6 Å². The lowest BCUT2D eigenvalue weighted by atomic mass is 9.57. The molecule has 0 aromatic heterocycles. The molecule has 13 nitrogen and oxygen atoms in total. The third-order valence-corrected chi connectivity index (χ3v) is 9.37. The van der Waals surface area contributed by atoms with Crippen molar-refractivity contribution < 1.29 is 62.7 Å². The van der Waals surface area contributed by atoms with Gasteiger partial charge in [0.25, 0.3) is 0 Å². The summed E-state index contributed by atoms with van der Waals surface area (Å²) >= 11 is 0. The van der Waals surface area contributed by atoms with Crippen molar-refractivity contribution >= 4 is 5.97 Å². The van der Waals surface area contributed by atoms with Crippen molar-refractivity contribution in [3.63, 3.8) is 0 Å². The molecule has 0 saturated carbocycles. The molecule has 13 heteroatoms. The van der Waals surface area contributed by atoms with Gasteiger partial charge in [0.05, 0.1) is 39.0 Å². The highest BCUT2D eigenvalue weighted by molar-refractivity contribution is 5.83. The number of ether oxygens (including phenoxy) is 9. The quantitative estimate of drug-likeness (QED) is 0.425. The maximum absolute atomic E-state index is 13.7. The van der Waals surface area contributed by atoms with Crippen molar-refractivity contribution in [2.75, 3.05) is 34.2 Å². The van der Waals surface area contributed by atoms with Gasteiger partial charge in [-0.1, -0.05) is 0 Å². The summed E-state index contributed by atoms with van der Waals surface area (Å²) in [6, 6.07) is 6.95. The number of hydrogen-bond donors (Lipinski definition) is 3. The lowest BCUT2D eigenvalue weighted by Crippen LogP contribution is -2.63. The van der Waals surface area contributed by atoms with Crippen molar-refractivity contribution in [2.45, 2.75) is 62.9 Å². The molecule has 3 fully saturated rings. The van der Waals surface area contributed by atoms with E-state index in [9.17, 15) is 20.1 Å². The van der Waals surface area contributed by atoms with E-state index >= 15 is 0 Å². The van der Waals surface area contributed by atoms with Crippen LogP contribution in [0.4, 0.5) is 0 Å². The molecular formula is C30H34O13. The van der Waals surface area contributed by atoms with Gasteiger partial charge in [-0.05, 0) is 54.8 Å². The lowest BCUT2D eigenvalue weighted by Gasteiger charge is -2.49. The maximum atomic E-state index is 13.7. The molecule has 232 valence electrons.